The SMILES string of the molecule is CCOc1ccc(-n2c(C)nnc2S[C@H](C[N+](=O)[O-])c2ccc(OCc3ccc(F)cc3)c(Cl)c2)cc1. The highest BCUT2D eigenvalue weighted by molar-refractivity contribution is 7.99. The number of ether oxygens (including phenoxy) is 2. The first-order valence-electron chi connectivity index (χ1n) is 11.4. The second-order valence-corrected chi connectivity index (χ2v) is 9.60. The van der Waals surface area contributed by atoms with Gasteiger partial charge in [-0.15, -0.1) is 10.2 Å². The van der Waals surface area contributed by atoms with Crippen LogP contribution in [0.25, 0.3) is 5.69 Å². The Morgan fingerprint density at radius 3 is 2.46 bits per heavy atom. The van der Waals surface area contributed by atoms with Gasteiger partial charge in [0.05, 0.1) is 11.6 Å². The summed E-state index contributed by atoms with van der Waals surface area (Å²) in [7, 11) is 0. The molecule has 0 fully saturated rings. The van der Waals surface area contributed by atoms with Gasteiger partial charge in [-0.1, -0.05) is 41.6 Å². The lowest BCUT2D eigenvalue weighted by Gasteiger charge is -2.16. The molecule has 1 aromatic heterocycles. The maximum atomic E-state index is 13.1. The van der Waals surface area contributed by atoms with Crippen LogP contribution in [0.3, 0.4) is 0 Å². The van der Waals surface area contributed by atoms with Crippen LogP contribution in [0.1, 0.15) is 29.1 Å². The topological polar surface area (TPSA) is 92.3 Å². The van der Waals surface area contributed by atoms with Crippen LogP contribution in [0, 0.1) is 22.9 Å². The summed E-state index contributed by atoms with van der Waals surface area (Å²) >= 11 is 7.70. The van der Waals surface area contributed by atoms with Crippen LogP contribution in [0.2, 0.25) is 5.02 Å². The van der Waals surface area contributed by atoms with Crippen molar-refractivity contribution in [3.05, 3.63) is 105 Å². The zero-order valence-corrected chi connectivity index (χ0v) is 21.7. The van der Waals surface area contributed by atoms with Crippen molar-refractivity contribution in [1.29, 1.82) is 0 Å². The van der Waals surface area contributed by atoms with Gasteiger partial charge in [-0.25, -0.2) is 4.39 Å². The number of nitrogens with zero attached hydrogens (tertiary/aromatic N) is 4. The van der Waals surface area contributed by atoms with E-state index in [-0.39, 0.29) is 23.9 Å². The molecule has 0 saturated heterocycles. The van der Waals surface area contributed by atoms with Crippen molar-refractivity contribution >= 4 is 23.4 Å². The van der Waals surface area contributed by atoms with Crippen molar-refractivity contribution in [3.63, 3.8) is 0 Å². The summed E-state index contributed by atoms with van der Waals surface area (Å²) in [4.78, 5) is 11.2. The predicted octanol–water partition coefficient (Wildman–Crippen LogP) is 6.46. The quantitative estimate of drug-likeness (QED) is 0.122. The molecule has 0 radical (unpaired) electrons. The van der Waals surface area contributed by atoms with Gasteiger partial charge in [0, 0.05) is 10.6 Å². The summed E-state index contributed by atoms with van der Waals surface area (Å²) in [6.07, 6.45) is 0. The summed E-state index contributed by atoms with van der Waals surface area (Å²) in [6, 6.07) is 18.5. The lowest BCUT2D eigenvalue weighted by molar-refractivity contribution is -0.479. The fourth-order valence-corrected chi connectivity index (χ4v) is 5.03. The van der Waals surface area contributed by atoms with Crippen molar-refractivity contribution < 1.29 is 18.8 Å². The first-order valence-corrected chi connectivity index (χ1v) is 12.7. The van der Waals surface area contributed by atoms with E-state index in [1.165, 1.54) is 23.9 Å². The van der Waals surface area contributed by atoms with Gasteiger partial charge in [0.15, 0.2) is 5.16 Å². The molecule has 0 spiro atoms. The number of thioether (sulfide) groups is 1. The number of halogens is 2. The van der Waals surface area contributed by atoms with Gasteiger partial charge in [-0.05, 0) is 73.5 Å². The van der Waals surface area contributed by atoms with Gasteiger partial charge in [0.2, 0.25) is 6.54 Å². The lowest BCUT2D eigenvalue weighted by atomic mass is 10.1. The van der Waals surface area contributed by atoms with Crippen molar-refractivity contribution in [2.45, 2.75) is 30.9 Å². The molecule has 0 saturated carbocycles. The monoisotopic (exact) mass is 542 g/mol. The van der Waals surface area contributed by atoms with Gasteiger partial charge in [0.1, 0.15) is 35.0 Å². The van der Waals surface area contributed by atoms with Crippen LogP contribution in [0.4, 0.5) is 4.39 Å². The van der Waals surface area contributed by atoms with Crippen molar-refractivity contribution in [1.82, 2.24) is 14.8 Å². The summed E-state index contributed by atoms with van der Waals surface area (Å²) < 4.78 is 26.3. The number of rotatable bonds is 11. The minimum atomic E-state index is -0.580. The molecule has 1 heterocycles. The average molecular weight is 543 g/mol. The summed E-state index contributed by atoms with van der Waals surface area (Å²) in [5.41, 5.74) is 2.25. The third-order valence-corrected chi connectivity index (χ3v) is 6.88. The molecule has 8 nitrogen and oxygen atoms in total. The first-order chi connectivity index (χ1) is 17.8. The maximum absolute atomic E-state index is 13.1. The Kier molecular flexibility index (Phi) is 8.62. The van der Waals surface area contributed by atoms with Crippen LogP contribution < -0.4 is 9.47 Å². The molecule has 0 amide bonds. The number of nitro groups is 1. The van der Waals surface area contributed by atoms with E-state index >= 15 is 0 Å². The Balaban J connectivity index is 1.55. The van der Waals surface area contributed by atoms with Crippen molar-refractivity contribution in [3.8, 4) is 17.2 Å². The van der Waals surface area contributed by atoms with E-state index in [1.807, 2.05) is 42.7 Å². The number of hydrogen-bond donors (Lipinski definition) is 0. The molecule has 1 atom stereocenters. The molecule has 0 N–H and O–H groups in total. The Morgan fingerprint density at radius 1 is 1.08 bits per heavy atom. The molecular formula is C26H24ClFN4O4S. The standard InChI is InChI=1S/C26H24ClFN4O4S/c1-3-35-22-11-9-21(10-12-22)32-17(2)29-30-26(32)37-25(15-31(33)34)19-6-13-24(23(27)14-19)36-16-18-4-7-20(28)8-5-18/h4-14,25H,3,15-16H2,1-2H3/t25-/m1/s1. The van der Waals surface area contributed by atoms with Gasteiger partial charge in [-0.3, -0.25) is 14.7 Å². The van der Waals surface area contributed by atoms with Crippen LogP contribution >= 0.6 is 23.4 Å². The van der Waals surface area contributed by atoms with Gasteiger partial charge in [0.25, 0.3) is 0 Å². The second-order valence-electron chi connectivity index (χ2n) is 8.02. The van der Waals surface area contributed by atoms with Gasteiger partial charge in [-0.2, -0.15) is 0 Å². The Morgan fingerprint density at radius 2 is 1.81 bits per heavy atom. The zero-order chi connectivity index (χ0) is 26.4. The van der Waals surface area contributed by atoms with Crippen molar-refractivity contribution in [2.75, 3.05) is 13.2 Å². The molecule has 0 unspecified atom stereocenters. The molecule has 0 bridgehead atoms. The van der Waals surface area contributed by atoms with E-state index in [4.69, 9.17) is 21.1 Å². The normalized spacial score (nSPS) is 11.8. The minimum Gasteiger partial charge on any atom is -0.494 e. The molecular weight excluding hydrogens is 519 g/mol. The van der Waals surface area contributed by atoms with Gasteiger partial charge < -0.3 is 9.47 Å². The molecule has 4 rings (SSSR count). The third kappa shape index (κ3) is 6.78. The number of aryl methyl sites for hydroxylation is 1. The fraction of sp³-hybridized carbons (Fsp3) is 0.231. The molecule has 3 aromatic carbocycles. The molecule has 0 aliphatic heterocycles. The van der Waals surface area contributed by atoms with E-state index in [0.717, 1.165) is 17.0 Å². The first kappa shape index (κ1) is 26.4. The molecule has 0 aliphatic rings. The molecule has 4 aromatic rings. The largest absolute Gasteiger partial charge is 0.494 e. The van der Waals surface area contributed by atoms with E-state index in [9.17, 15) is 14.5 Å². The molecule has 192 valence electrons. The molecule has 11 heteroatoms. The van der Waals surface area contributed by atoms with E-state index < -0.39 is 5.25 Å². The highest BCUT2D eigenvalue weighted by Gasteiger charge is 2.24. The number of benzene rings is 3. The summed E-state index contributed by atoms with van der Waals surface area (Å²) in [5, 5.41) is 20.2. The summed E-state index contributed by atoms with van der Waals surface area (Å²) in [6.45, 7) is 4.16. The van der Waals surface area contributed by atoms with E-state index in [2.05, 4.69) is 10.2 Å². The smallest absolute Gasteiger partial charge is 0.220 e. The number of aromatic nitrogens is 3. The van der Waals surface area contributed by atoms with E-state index in [1.54, 1.807) is 30.3 Å². The van der Waals surface area contributed by atoms with E-state index in [0.29, 0.717) is 33.9 Å². The Hall–Kier alpha value is -3.63. The zero-order valence-electron chi connectivity index (χ0n) is 20.1. The predicted molar refractivity (Wildman–Crippen MR) is 140 cm³/mol. The second kappa shape index (κ2) is 12.1. The molecule has 0 aliphatic carbocycles. The van der Waals surface area contributed by atoms with Crippen LogP contribution in [-0.4, -0.2) is 32.8 Å². The van der Waals surface area contributed by atoms with Gasteiger partial charge >= 0.3 is 0 Å². The van der Waals surface area contributed by atoms with Crippen molar-refractivity contribution in [2.24, 2.45) is 0 Å². The highest BCUT2D eigenvalue weighted by atomic mass is 35.5. The molecule has 37 heavy (non-hydrogen) atoms. The minimum absolute atomic E-state index is 0.205. The van der Waals surface area contributed by atoms with Crippen LogP contribution in [0.15, 0.2) is 71.9 Å². The summed E-state index contributed by atoms with van der Waals surface area (Å²) in [5.74, 6) is 1.49. The highest BCUT2D eigenvalue weighted by Crippen LogP contribution is 2.39. The maximum Gasteiger partial charge on any atom is 0.220 e. The lowest BCUT2D eigenvalue weighted by Crippen LogP contribution is -2.11. The third-order valence-electron chi connectivity index (χ3n) is 5.40. The fourth-order valence-electron chi connectivity index (χ4n) is 3.62. The average Bonchev–Trinajstić information content (AvgIpc) is 3.24. The Labute approximate surface area is 222 Å². The van der Waals surface area contributed by atoms with Crippen LogP contribution in [0.5, 0.6) is 11.5 Å². The Bertz CT molecular complexity index is 1370. The van der Waals surface area contributed by atoms with Crippen LogP contribution in [-0.2, 0) is 6.61 Å². The number of hydrogen-bond acceptors (Lipinski definition) is 7.